The Morgan fingerprint density at radius 3 is 2.89 bits per heavy atom. The molecule has 0 unspecified atom stereocenters. The van der Waals surface area contributed by atoms with Gasteiger partial charge in [0, 0.05) is 6.54 Å². The molecule has 0 spiro atoms. The lowest BCUT2D eigenvalue weighted by molar-refractivity contribution is 0.0950. The molecular formula is C20H17ClFN3O3. The summed E-state index contributed by atoms with van der Waals surface area (Å²) in [4.78, 5) is 12.6. The van der Waals surface area contributed by atoms with Crippen molar-refractivity contribution in [2.24, 2.45) is 0 Å². The maximum Gasteiger partial charge on any atom is 0.255 e. The summed E-state index contributed by atoms with van der Waals surface area (Å²) in [5, 5.41) is 7.42. The van der Waals surface area contributed by atoms with Gasteiger partial charge in [-0.05, 0) is 36.8 Å². The van der Waals surface area contributed by atoms with Gasteiger partial charge in [0.15, 0.2) is 11.5 Å². The average molecular weight is 402 g/mol. The minimum absolute atomic E-state index is 0.250. The Morgan fingerprint density at radius 2 is 2.07 bits per heavy atom. The minimum Gasteiger partial charge on any atom is -0.486 e. The van der Waals surface area contributed by atoms with E-state index in [2.05, 4.69) is 10.4 Å². The monoisotopic (exact) mass is 401 g/mol. The molecule has 0 atom stereocenters. The highest BCUT2D eigenvalue weighted by Crippen LogP contribution is 2.38. The predicted molar refractivity (Wildman–Crippen MR) is 102 cm³/mol. The molecule has 1 N–H and O–H groups in total. The molecule has 0 aliphatic carbocycles. The third-order valence-electron chi connectivity index (χ3n) is 4.44. The fourth-order valence-electron chi connectivity index (χ4n) is 3.04. The number of rotatable bonds is 4. The van der Waals surface area contributed by atoms with Crippen LogP contribution >= 0.6 is 11.6 Å². The number of nitrogens with one attached hydrogen (secondary N) is 1. The van der Waals surface area contributed by atoms with Crippen LogP contribution in [0, 0.1) is 12.7 Å². The summed E-state index contributed by atoms with van der Waals surface area (Å²) in [6.07, 6.45) is 1.42. The van der Waals surface area contributed by atoms with Crippen molar-refractivity contribution in [3.8, 4) is 17.2 Å². The van der Waals surface area contributed by atoms with Gasteiger partial charge in [-0.2, -0.15) is 5.10 Å². The van der Waals surface area contributed by atoms with Crippen molar-refractivity contribution in [2.75, 3.05) is 13.2 Å². The van der Waals surface area contributed by atoms with Crippen LogP contribution in [0.3, 0.4) is 0 Å². The van der Waals surface area contributed by atoms with Crippen LogP contribution in [-0.4, -0.2) is 28.9 Å². The Kier molecular flexibility index (Phi) is 4.92. The van der Waals surface area contributed by atoms with Crippen molar-refractivity contribution in [1.82, 2.24) is 15.1 Å². The van der Waals surface area contributed by atoms with E-state index in [0.29, 0.717) is 41.0 Å². The molecule has 0 bridgehead atoms. The summed E-state index contributed by atoms with van der Waals surface area (Å²) in [6, 6.07) is 9.78. The Labute approximate surface area is 165 Å². The van der Waals surface area contributed by atoms with Gasteiger partial charge in [0.25, 0.3) is 5.91 Å². The van der Waals surface area contributed by atoms with Crippen LogP contribution in [-0.2, 0) is 6.54 Å². The number of fused-ring (bicyclic) bond motifs is 1. The zero-order chi connectivity index (χ0) is 19.7. The first-order chi connectivity index (χ1) is 13.5. The zero-order valence-electron chi connectivity index (χ0n) is 15.0. The molecule has 8 heteroatoms. The number of aromatic nitrogens is 2. The highest BCUT2D eigenvalue weighted by Gasteiger charge is 2.19. The molecule has 6 nitrogen and oxygen atoms in total. The summed E-state index contributed by atoms with van der Waals surface area (Å²) in [5.41, 5.74) is 1.98. The number of benzene rings is 2. The molecule has 1 aromatic heterocycles. The van der Waals surface area contributed by atoms with Gasteiger partial charge in [-0.1, -0.05) is 23.7 Å². The first-order valence-corrected chi connectivity index (χ1v) is 9.08. The number of hydrogen-bond donors (Lipinski definition) is 1. The number of carbonyl (C=O) groups is 1. The normalized spacial score (nSPS) is 12.7. The molecule has 3 aromatic rings. The summed E-state index contributed by atoms with van der Waals surface area (Å²) in [5.74, 6) is 0.356. The fraction of sp³-hybridized carbons (Fsp3) is 0.200. The fourth-order valence-corrected chi connectivity index (χ4v) is 3.33. The van der Waals surface area contributed by atoms with Crippen LogP contribution in [0.4, 0.5) is 4.39 Å². The van der Waals surface area contributed by atoms with Gasteiger partial charge in [-0.3, -0.25) is 4.79 Å². The summed E-state index contributed by atoms with van der Waals surface area (Å²) in [7, 11) is 0. The summed E-state index contributed by atoms with van der Waals surface area (Å²) < 4.78 is 26.5. The third-order valence-corrected chi connectivity index (χ3v) is 4.73. The molecule has 4 rings (SSSR count). The number of halogens is 2. The van der Waals surface area contributed by atoms with Gasteiger partial charge in [-0.15, -0.1) is 0 Å². The smallest absolute Gasteiger partial charge is 0.255 e. The molecule has 0 fully saturated rings. The average Bonchev–Trinajstić information content (AvgIpc) is 3.08. The first kappa shape index (κ1) is 18.3. The molecular weight excluding hydrogens is 385 g/mol. The van der Waals surface area contributed by atoms with Crippen LogP contribution in [0.2, 0.25) is 5.02 Å². The van der Waals surface area contributed by atoms with E-state index in [4.69, 9.17) is 21.1 Å². The number of amides is 1. The van der Waals surface area contributed by atoms with Crippen molar-refractivity contribution in [2.45, 2.75) is 13.5 Å². The summed E-state index contributed by atoms with van der Waals surface area (Å²) in [6.45, 7) is 2.87. The second-order valence-corrected chi connectivity index (χ2v) is 6.70. The van der Waals surface area contributed by atoms with Gasteiger partial charge in [0.2, 0.25) is 0 Å². The molecule has 0 saturated carbocycles. The molecule has 144 valence electrons. The molecule has 1 amide bonds. The van der Waals surface area contributed by atoms with Crippen LogP contribution in [0.1, 0.15) is 21.6 Å². The van der Waals surface area contributed by atoms with Crippen molar-refractivity contribution < 1.29 is 18.7 Å². The van der Waals surface area contributed by atoms with Crippen molar-refractivity contribution >= 4 is 17.5 Å². The standard InChI is InChI=1S/C20H17ClFN3O3/c1-12-14(11-24-25(12)17-5-3-2-4-16(17)22)20(26)23-10-13-8-15(21)19-18(9-13)27-6-7-28-19/h2-5,8-9,11H,6-7,10H2,1H3,(H,23,26). The van der Waals surface area contributed by atoms with Crippen molar-refractivity contribution in [3.63, 3.8) is 0 Å². The topological polar surface area (TPSA) is 65.4 Å². The maximum absolute atomic E-state index is 14.0. The lowest BCUT2D eigenvalue weighted by Crippen LogP contribution is -2.23. The molecule has 1 aliphatic heterocycles. The zero-order valence-corrected chi connectivity index (χ0v) is 15.8. The van der Waals surface area contributed by atoms with E-state index in [1.54, 1.807) is 37.3 Å². The van der Waals surface area contributed by atoms with E-state index in [9.17, 15) is 9.18 Å². The van der Waals surface area contributed by atoms with Crippen LogP contribution in [0.25, 0.3) is 5.69 Å². The van der Waals surface area contributed by atoms with Crippen LogP contribution in [0.5, 0.6) is 11.5 Å². The van der Waals surface area contributed by atoms with Crippen molar-refractivity contribution in [1.29, 1.82) is 0 Å². The molecule has 28 heavy (non-hydrogen) atoms. The quantitative estimate of drug-likeness (QED) is 0.724. The van der Waals surface area contributed by atoms with E-state index >= 15 is 0 Å². The number of para-hydroxylation sites is 1. The van der Waals surface area contributed by atoms with E-state index < -0.39 is 5.82 Å². The van der Waals surface area contributed by atoms with Gasteiger partial charge < -0.3 is 14.8 Å². The van der Waals surface area contributed by atoms with Gasteiger partial charge in [-0.25, -0.2) is 9.07 Å². The van der Waals surface area contributed by atoms with Crippen LogP contribution < -0.4 is 14.8 Å². The lowest BCUT2D eigenvalue weighted by atomic mass is 10.1. The Balaban J connectivity index is 1.51. The minimum atomic E-state index is -0.411. The number of nitrogens with zero attached hydrogens (tertiary/aromatic N) is 2. The van der Waals surface area contributed by atoms with E-state index in [0.717, 1.165) is 5.56 Å². The van der Waals surface area contributed by atoms with Crippen LogP contribution in [0.15, 0.2) is 42.6 Å². The SMILES string of the molecule is Cc1c(C(=O)NCc2cc(Cl)c3c(c2)OCCO3)cnn1-c1ccccc1F. The first-order valence-electron chi connectivity index (χ1n) is 8.70. The van der Waals surface area contributed by atoms with Gasteiger partial charge in [0.1, 0.15) is 24.7 Å². The van der Waals surface area contributed by atoms with E-state index in [1.807, 2.05) is 0 Å². The number of hydrogen-bond acceptors (Lipinski definition) is 4. The van der Waals surface area contributed by atoms with E-state index in [1.165, 1.54) is 16.9 Å². The highest BCUT2D eigenvalue weighted by atomic mass is 35.5. The Morgan fingerprint density at radius 1 is 1.29 bits per heavy atom. The molecule has 2 heterocycles. The maximum atomic E-state index is 14.0. The largest absolute Gasteiger partial charge is 0.486 e. The highest BCUT2D eigenvalue weighted by molar-refractivity contribution is 6.32. The second kappa shape index (κ2) is 7.52. The molecule has 0 radical (unpaired) electrons. The second-order valence-electron chi connectivity index (χ2n) is 6.29. The predicted octanol–water partition coefficient (Wildman–Crippen LogP) is 3.67. The Bertz CT molecular complexity index is 1050. The lowest BCUT2D eigenvalue weighted by Gasteiger charge is -2.20. The van der Waals surface area contributed by atoms with Gasteiger partial charge >= 0.3 is 0 Å². The van der Waals surface area contributed by atoms with E-state index in [-0.39, 0.29) is 18.1 Å². The number of ether oxygens (including phenoxy) is 2. The molecule has 0 saturated heterocycles. The summed E-state index contributed by atoms with van der Waals surface area (Å²) >= 11 is 6.22. The third kappa shape index (κ3) is 3.41. The Hall–Kier alpha value is -3.06. The van der Waals surface area contributed by atoms with Crippen molar-refractivity contribution in [3.05, 3.63) is 70.3 Å². The number of carbonyl (C=O) groups excluding carboxylic acids is 1. The molecule has 2 aromatic carbocycles. The van der Waals surface area contributed by atoms with Gasteiger partial charge in [0.05, 0.1) is 22.5 Å². The molecule has 1 aliphatic rings.